The zero-order valence-corrected chi connectivity index (χ0v) is 21.2. The van der Waals surface area contributed by atoms with E-state index in [1.165, 1.54) is 18.4 Å². The van der Waals surface area contributed by atoms with Crippen molar-refractivity contribution in [2.24, 2.45) is 0 Å². The van der Waals surface area contributed by atoms with Gasteiger partial charge in [0.1, 0.15) is 17.1 Å². The van der Waals surface area contributed by atoms with Gasteiger partial charge in [-0.3, -0.25) is 14.4 Å². The van der Waals surface area contributed by atoms with E-state index in [0.29, 0.717) is 21.9 Å². The van der Waals surface area contributed by atoms with Crippen LogP contribution in [0.25, 0.3) is 6.08 Å². The highest BCUT2D eigenvalue weighted by Gasteiger charge is 2.21. The van der Waals surface area contributed by atoms with Crippen molar-refractivity contribution in [3.63, 3.8) is 0 Å². The van der Waals surface area contributed by atoms with E-state index in [9.17, 15) is 31.9 Å². The molecule has 4 rings (SSSR count). The van der Waals surface area contributed by atoms with E-state index >= 15 is 0 Å². The topological polar surface area (TPSA) is 100 Å². The number of anilines is 2. The number of hydrogen-bond acceptors (Lipinski definition) is 5. The van der Waals surface area contributed by atoms with Crippen LogP contribution < -0.4 is 16.0 Å². The maximum Gasteiger partial charge on any atom is 0.272 e. The molecule has 0 radical (unpaired) electrons. The fourth-order valence-corrected chi connectivity index (χ4v) is 4.08. The summed E-state index contributed by atoms with van der Waals surface area (Å²) in [6.07, 6.45) is 2.76. The molecule has 0 saturated heterocycles. The predicted octanol–water partition coefficient (Wildman–Crippen LogP) is 5.98. The van der Waals surface area contributed by atoms with Gasteiger partial charge in [0, 0.05) is 28.3 Å². The lowest BCUT2D eigenvalue weighted by atomic mass is 10.2. The normalized spacial score (nSPS) is 11.2. The van der Waals surface area contributed by atoms with Crippen molar-refractivity contribution in [2.75, 3.05) is 16.4 Å². The fraction of sp³-hybridized carbons (Fsp3) is 0.0357. The molecular weight excluding hydrogens is 550 g/mol. The van der Waals surface area contributed by atoms with E-state index in [0.717, 1.165) is 11.8 Å². The molecule has 1 aromatic heterocycles. The minimum absolute atomic E-state index is 0.0389. The summed E-state index contributed by atoms with van der Waals surface area (Å²) in [5.41, 5.74) is -0.692. The molecule has 1 heterocycles. The van der Waals surface area contributed by atoms with Gasteiger partial charge < -0.3 is 20.4 Å². The zero-order valence-electron chi connectivity index (χ0n) is 20.3. The van der Waals surface area contributed by atoms with Gasteiger partial charge in [-0.1, -0.05) is 24.3 Å². The van der Waals surface area contributed by atoms with E-state index < -0.39 is 46.7 Å². The molecule has 0 aliphatic rings. The molecule has 0 spiro atoms. The van der Waals surface area contributed by atoms with E-state index in [1.807, 2.05) is 5.32 Å². The minimum Gasteiger partial charge on any atom is -0.465 e. The molecule has 0 saturated carbocycles. The van der Waals surface area contributed by atoms with Crippen molar-refractivity contribution in [3.8, 4) is 0 Å². The van der Waals surface area contributed by atoms with Crippen LogP contribution in [0.3, 0.4) is 0 Å². The van der Waals surface area contributed by atoms with Crippen molar-refractivity contribution in [1.82, 2.24) is 5.32 Å². The number of benzene rings is 3. The van der Waals surface area contributed by atoms with Crippen LogP contribution in [0.4, 0.5) is 28.9 Å². The fourth-order valence-electron chi connectivity index (χ4n) is 3.33. The van der Waals surface area contributed by atoms with E-state index in [2.05, 4.69) is 10.6 Å². The van der Waals surface area contributed by atoms with Crippen LogP contribution in [0.5, 0.6) is 0 Å². The number of thioether (sulfide) groups is 1. The molecule has 3 N–H and O–H groups in total. The first-order chi connectivity index (χ1) is 19.2. The van der Waals surface area contributed by atoms with Crippen molar-refractivity contribution in [3.05, 3.63) is 119 Å². The maximum atomic E-state index is 13.8. The Hall–Kier alpha value is -4.84. The molecule has 12 heteroatoms. The molecule has 0 bridgehead atoms. The van der Waals surface area contributed by atoms with E-state index in [1.54, 1.807) is 60.7 Å². The van der Waals surface area contributed by atoms with Crippen molar-refractivity contribution in [1.29, 1.82) is 0 Å². The van der Waals surface area contributed by atoms with Crippen LogP contribution in [-0.2, 0) is 9.59 Å². The van der Waals surface area contributed by atoms with Crippen LogP contribution in [0.2, 0.25) is 0 Å². The Kier molecular flexibility index (Phi) is 9.02. The molecule has 4 aromatic rings. The Morgan fingerprint density at radius 2 is 1.55 bits per heavy atom. The van der Waals surface area contributed by atoms with E-state index in [-0.39, 0.29) is 17.5 Å². The number of hydrogen-bond donors (Lipinski definition) is 3. The van der Waals surface area contributed by atoms with Gasteiger partial charge >= 0.3 is 0 Å². The maximum absolute atomic E-state index is 13.8. The van der Waals surface area contributed by atoms with Crippen LogP contribution in [0, 0.1) is 23.3 Å². The summed E-state index contributed by atoms with van der Waals surface area (Å²) in [6, 6.07) is 17.8. The third-order valence-electron chi connectivity index (χ3n) is 5.20. The van der Waals surface area contributed by atoms with Crippen LogP contribution in [0.15, 0.2) is 94.1 Å². The molecule has 0 unspecified atom stereocenters. The highest BCUT2D eigenvalue weighted by Crippen LogP contribution is 2.26. The summed E-state index contributed by atoms with van der Waals surface area (Å²) in [5, 5.41) is 7.04. The lowest BCUT2D eigenvalue weighted by molar-refractivity contribution is -0.114. The second-order valence-corrected chi connectivity index (χ2v) is 9.10. The average molecular weight is 570 g/mol. The summed E-state index contributed by atoms with van der Waals surface area (Å²) >= 11 is 0.934. The molecule has 0 aliphatic carbocycles. The molecule has 3 amide bonds. The SMILES string of the molecule is O=C(CSc1cccc(NC(=O)/C(=C/c2ccco2)NC(=O)c2ccccc2)c1)Nc1c(F)c(F)cc(F)c1F. The Morgan fingerprint density at radius 1 is 0.825 bits per heavy atom. The lowest BCUT2D eigenvalue weighted by Crippen LogP contribution is -2.30. The van der Waals surface area contributed by atoms with Gasteiger partial charge in [-0.2, -0.15) is 0 Å². The third kappa shape index (κ3) is 7.17. The van der Waals surface area contributed by atoms with Gasteiger partial charge in [-0.25, -0.2) is 17.6 Å². The summed E-state index contributed by atoms with van der Waals surface area (Å²) < 4.78 is 59.7. The molecule has 0 fully saturated rings. The van der Waals surface area contributed by atoms with Crippen molar-refractivity contribution < 1.29 is 36.4 Å². The molecule has 40 heavy (non-hydrogen) atoms. The number of amides is 3. The third-order valence-corrected chi connectivity index (χ3v) is 6.19. The second-order valence-electron chi connectivity index (χ2n) is 8.06. The highest BCUT2D eigenvalue weighted by molar-refractivity contribution is 8.00. The largest absolute Gasteiger partial charge is 0.465 e. The molecule has 3 aromatic carbocycles. The van der Waals surface area contributed by atoms with Gasteiger partial charge in [0.25, 0.3) is 11.8 Å². The van der Waals surface area contributed by atoms with Crippen molar-refractivity contribution >= 4 is 46.9 Å². The summed E-state index contributed by atoms with van der Waals surface area (Å²) in [4.78, 5) is 38.4. The lowest BCUT2D eigenvalue weighted by Gasteiger charge is -2.12. The number of halogens is 4. The van der Waals surface area contributed by atoms with Crippen molar-refractivity contribution in [2.45, 2.75) is 4.90 Å². The van der Waals surface area contributed by atoms with Gasteiger partial charge in [-0.15, -0.1) is 11.8 Å². The number of carbonyl (C=O) groups is 3. The van der Waals surface area contributed by atoms with Gasteiger partial charge in [0.2, 0.25) is 5.91 Å². The number of carbonyl (C=O) groups excluding carboxylic acids is 3. The minimum atomic E-state index is -1.72. The molecular formula is C28H19F4N3O4S. The Bertz CT molecular complexity index is 1550. The molecule has 0 aliphatic heterocycles. The molecule has 0 atom stereocenters. The first-order valence-corrected chi connectivity index (χ1v) is 12.5. The Balaban J connectivity index is 1.43. The summed E-state index contributed by atoms with van der Waals surface area (Å²) in [7, 11) is 0. The molecule has 7 nitrogen and oxygen atoms in total. The summed E-state index contributed by atoms with van der Waals surface area (Å²) in [5.74, 6) is -8.90. The smallest absolute Gasteiger partial charge is 0.272 e. The number of furan rings is 1. The van der Waals surface area contributed by atoms with Crippen LogP contribution in [0.1, 0.15) is 16.1 Å². The standard InChI is InChI=1S/C28H19F4N3O4S/c29-20-14-21(30)25(32)26(24(20)31)35-23(36)15-40-19-10-4-8-17(12-19)33-28(38)22(13-18-9-5-11-39-18)34-27(37)16-6-2-1-3-7-16/h1-14H,15H2,(H,33,38)(H,34,37)(H,35,36)/b22-13-. The monoisotopic (exact) mass is 569 g/mol. The predicted molar refractivity (Wildman–Crippen MR) is 141 cm³/mol. The Morgan fingerprint density at radius 3 is 2.23 bits per heavy atom. The van der Waals surface area contributed by atoms with Crippen LogP contribution >= 0.6 is 11.8 Å². The quantitative estimate of drug-likeness (QED) is 0.0998. The zero-order chi connectivity index (χ0) is 28.6. The number of nitrogens with one attached hydrogen (secondary N) is 3. The second kappa shape index (κ2) is 12.8. The van der Waals surface area contributed by atoms with Gasteiger partial charge in [0.15, 0.2) is 23.3 Å². The summed E-state index contributed by atoms with van der Waals surface area (Å²) in [6.45, 7) is 0. The van der Waals surface area contributed by atoms with Gasteiger partial charge in [-0.05, 0) is 42.5 Å². The number of rotatable bonds is 9. The first-order valence-electron chi connectivity index (χ1n) is 11.5. The molecule has 204 valence electrons. The van der Waals surface area contributed by atoms with Gasteiger partial charge in [0.05, 0.1) is 12.0 Å². The Labute approximate surface area is 229 Å². The van der Waals surface area contributed by atoms with E-state index in [4.69, 9.17) is 4.42 Å². The average Bonchev–Trinajstić information content (AvgIpc) is 3.46. The highest BCUT2D eigenvalue weighted by atomic mass is 32.2. The van der Waals surface area contributed by atoms with Crippen LogP contribution in [-0.4, -0.2) is 23.5 Å². The first kappa shape index (κ1) is 28.2.